The molecule has 0 saturated carbocycles. The van der Waals surface area contributed by atoms with E-state index in [1.807, 2.05) is 23.6 Å². The smallest absolute Gasteiger partial charge is 0.317 e. The number of rotatable bonds is 2. The fourth-order valence-electron chi connectivity index (χ4n) is 3.78. The van der Waals surface area contributed by atoms with Gasteiger partial charge >= 0.3 is 6.03 Å². The molecular formula is C17H29N3O4. The Morgan fingerprint density at radius 2 is 1.58 bits per heavy atom. The van der Waals surface area contributed by atoms with Crippen molar-refractivity contribution in [3.63, 3.8) is 0 Å². The predicted molar refractivity (Wildman–Crippen MR) is 88.4 cm³/mol. The standard InChI is InChI=1S/C17H29N3O4/c1-13(2)18-16(22)20-7-3-14(4-8-20)15(21)19-9-5-17(6-10-19)23-11-12-24-17/h13-14H,3-12H2,1-2H3,(H,18,22). The average molecular weight is 339 g/mol. The Labute approximate surface area is 143 Å². The number of nitrogens with zero attached hydrogens (tertiary/aromatic N) is 2. The number of ether oxygens (including phenoxy) is 2. The summed E-state index contributed by atoms with van der Waals surface area (Å²) in [6.07, 6.45) is 3.01. The van der Waals surface area contributed by atoms with Gasteiger partial charge in [0.25, 0.3) is 0 Å². The monoisotopic (exact) mass is 339 g/mol. The summed E-state index contributed by atoms with van der Waals surface area (Å²) in [5.74, 6) is -0.172. The fourth-order valence-corrected chi connectivity index (χ4v) is 3.78. The largest absolute Gasteiger partial charge is 0.347 e. The number of piperidine rings is 2. The minimum absolute atomic E-state index is 0.0219. The summed E-state index contributed by atoms with van der Waals surface area (Å²) >= 11 is 0. The van der Waals surface area contributed by atoms with Crippen LogP contribution in [0.4, 0.5) is 4.79 Å². The molecule has 3 fully saturated rings. The van der Waals surface area contributed by atoms with Crippen LogP contribution in [0.2, 0.25) is 0 Å². The SMILES string of the molecule is CC(C)NC(=O)N1CCC(C(=O)N2CCC3(CC2)OCCO3)CC1. The van der Waals surface area contributed by atoms with Gasteiger partial charge in [-0.1, -0.05) is 0 Å². The van der Waals surface area contributed by atoms with Crippen LogP contribution in [-0.4, -0.2) is 73.0 Å². The van der Waals surface area contributed by atoms with E-state index in [2.05, 4.69) is 5.32 Å². The summed E-state index contributed by atoms with van der Waals surface area (Å²) in [7, 11) is 0. The lowest BCUT2D eigenvalue weighted by Gasteiger charge is -2.40. The highest BCUT2D eigenvalue weighted by molar-refractivity contribution is 5.80. The summed E-state index contributed by atoms with van der Waals surface area (Å²) in [5.41, 5.74) is 0. The first kappa shape index (κ1) is 17.5. The van der Waals surface area contributed by atoms with Crippen LogP contribution in [0.1, 0.15) is 39.5 Å². The van der Waals surface area contributed by atoms with Gasteiger partial charge in [-0.05, 0) is 26.7 Å². The third-order valence-corrected chi connectivity index (χ3v) is 5.19. The molecule has 3 aliphatic heterocycles. The summed E-state index contributed by atoms with van der Waals surface area (Å²) in [6, 6.07) is 0.115. The van der Waals surface area contributed by atoms with Crippen LogP contribution in [-0.2, 0) is 14.3 Å². The first-order valence-corrected chi connectivity index (χ1v) is 9.11. The molecule has 1 N–H and O–H groups in total. The van der Waals surface area contributed by atoms with Crippen molar-refractivity contribution in [1.29, 1.82) is 0 Å². The van der Waals surface area contributed by atoms with Crippen molar-refractivity contribution < 1.29 is 19.1 Å². The second-order valence-electron chi connectivity index (χ2n) is 7.30. The molecule has 136 valence electrons. The van der Waals surface area contributed by atoms with Gasteiger partial charge < -0.3 is 24.6 Å². The molecule has 0 bridgehead atoms. The minimum atomic E-state index is -0.435. The molecular weight excluding hydrogens is 310 g/mol. The summed E-state index contributed by atoms with van der Waals surface area (Å²) in [4.78, 5) is 28.5. The zero-order valence-corrected chi connectivity index (χ0v) is 14.8. The molecule has 1 spiro atoms. The van der Waals surface area contributed by atoms with Gasteiger partial charge in [-0.2, -0.15) is 0 Å². The van der Waals surface area contributed by atoms with Crippen molar-refractivity contribution in [2.24, 2.45) is 5.92 Å². The number of hydrogen-bond acceptors (Lipinski definition) is 4. The lowest BCUT2D eigenvalue weighted by atomic mass is 9.93. The maximum Gasteiger partial charge on any atom is 0.317 e. The van der Waals surface area contributed by atoms with Crippen molar-refractivity contribution >= 4 is 11.9 Å². The molecule has 7 heteroatoms. The molecule has 7 nitrogen and oxygen atoms in total. The molecule has 3 heterocycles. The lowest BCUT2D eigenvalue weighted by Crippen LogP contribution is -2.51. The first-order chi connectivity index (χ1) is 11.5. The number of likely N-dealkylation sites (tertiary alicyclic amines) is 2. The van der Waals surface area contributed by atoms with Crippen molar-refractivity contribution in [2.45, 2.75) is 51.4 Å². The van der Waals surface area contributed by atoms with Crippen molar-refractivity contribution in [3.8, 4) is 0 Å². The fraction of sp³-hybridized carbons (Fsp3) is 0.882. The van der Waals surface area contributed by atoms with Crippen LogP contribution in [0.15, 0.2) is 0 Å². The van der Waals surface area contributed by atoms with E-state index in [1.165, 1.54) is 0 Å². The van der Waals surface area contributed by atoms with Crippen LogP contribution in [0, 0.1) is 5.92 Å². The Kier molecular flexibility index (Phi) is 5.30. The number of carbonyl (C=O) groups excluding carboxylic acids is 2. The van der Waals surface area contributed by atoms with Crippen LogP contribution in [0.5, 0.6) is 0 Å². The molecule has 0 atom stereocenters. The molecule has 3 rings (SSSR count). The summed E-state index contributed by atoms with van der Waals surface area (Å²) in [6.45, 7) is 7.93. The van der Waals surface area contributed by atoms with Gasteiger partial charge in [-0.25, -0.2) is 4.79 Å². The highest BCUT2D eigenvalue weighted by Gasteiger charge is 2.42. The number of urea groups is 1. The Hall–Kier alpha value is -1.34. The van der Waals surface area contributed by atoms with Gasteiger partial charge in [0.1, 0.15) is 0 Å². The maximum absolute atomic E-state index is 12.7. The molecule has 0 aromatic rings. The van der Waals surface area contributed by atoms with Crippen molar-refractivity contribution in [3.05, 3.63) is 0 Å². The van der Waals surface area contributed by atoms with E-state index in [0.717, 1.165) is 25.7 Å². The van der Waals surface area contributed by atoms with Gasteiger partial charge in [-0.3, -0.25) is 4.79 Å². The van der Waals surface area contributed by atoms with E-state index < -0.39 is 5.79 Å². The Bertz CT molecular complexity index is 458. The molecule has 3 amide bonds. The number of nitrogens with one attached hydrogen (secondary N) is 1. The van der Waals surface area contributed by atoms with Gasteiger partial charge in [0.05, 0.1) is 13.2 Å². The highest BCUT2D eigenvalue weighted by atomic mass is 16.7. The third-order valence-electron chi connectivity index (χ3n) is 5.19. The normalized spacial score (nSPS) is 24.6. The molecule has 3 saturated heterocycles. The van der Waals surface area contributed by atoms with E-state index in [9.17, 15) is 9.59 Å². The van der Waals surface area contributed by atoms with Gasteiger partial charge in [0, 0.05) is 51.0 Å². The lowest BCUT2D eigenvalue weighted by molar-refractivity contribution is -0.188. The summed E-state index contributed by atoms with van der Waals surface area (Å²) in [5, 5.41) is 2.91. The second-order valence-corrected chi connectivity index (χ2v) is 7.30. The average Bonchev–Trinajstić information content (AvgIpc) is 3.02. The van der Waals surface area contributed by atoms with Crippen LogP contribution in [0.25, 0.3) is 0 Å². The molecule has 0 radical (unpaired) electrons. The van der Waals surface area contributed by atoms with Gasteiger partial charge in [0.15, 0.2) is 5.79 Å². The zero-order valence-electron chi connectivity index (χ0n) is 14.8. The zero-order chi connectivity index (χ0) is 17.2. The van der Waals surface area contributed by atoms with E-state index >= 15 is 0 Å². The molecule has 24 heavy (non-hydrogen) atoms. The van der Waals surface area contributed by atoms with Gasteiger partial charge in [-0.15, -0.1) is 0 Å². The Morgan fingerprint density at radius 1 is 1.00 bits per heavy atom. The molecule has 0 aromatic carbocycles. The third kappa shape index (κ3) is 3.83. The van der Waals surface area contributed by atoms with E-state index in [1.54, 1.807) is 0 Å². The van der Waals surface area contributed by atoms with Crippen molar-refractivity contribution in [1.82, 2.24) is 15.1 Å². The Balaban J connectivity index is 1.45. The van der Waals surface area contributed by atoms with Crippen LogP contribution in [0.3, 0.4) is 0 Å². The molecule has 0 unspecified atom stereocenters. The van der Waals surface area contributed by atoms with E-state index in [0.29, 0.717) is 39.4 Å². The van der Waals surface area contributed by atoms with Crippen LogP contribution < -0.4 is 5.32 Å². The minimum Gasteiger partial charge on any atom is -0.347 e. The van der Waals surface area contributed by atoms with Gasteiger partial charge in [0.2, 0.25) is 5.91 Å². The predicted octanol–water partition coefficient (Wildman–Crippen LogP) is 1.18. The molecule has 0 aromatic heterocycles. The summed E-state index contributed by atoms with van der Waals surface area (Å²) < 4.78 is 11.4. The van der Waals surface area contributed by atoms with E-state index in [4.69, 9.17) is 9.47 Å². The number of amides is 3. The second kappa shape index (κ2) is 7.27. The Morgan fingerprint density at radius 3 is 2.12 bits per heavy atom. The van der Waals surface area contributed by atoms with E-state index in [-0.39, 0.29) is 23.9 Å². The number of hydrogen-bond donors (Lipinski definition) is 1. The first-order valence-electron chi connectivity index (χ1n) is 9.11. The quantitative estimate of drug-likeness (QED) is 0.820. The van der Waals surface area contributed by atoms with Crippen LogP contribution >= 0.6 is 0 Å². The highest BCUT2D eigenvalue weighted by Crippen LogP contribution is 2.32. The van der Waals surface area contributed by atoms with Crippen molar-refractivity contribution in [2.75, 3.05) is 39.4 Å². The molecule has 3 aliphatic rings. The molecule has 0 aliphatic carbocycles. The topological polar surface area (TPSA) is 71.1 Å². The number of carbonyl (C=O) groups is 2. The maximum atomic E-state index is 12.7.